The van der Waals surface area contributed by atoms with Crippen LogP contribution in [-0.4, -0.2) is 20.1 Å². The summed E-state index contributed by atoms with van der Waals surface area (Å²) in [6, 6.07) is 22.8. The zero-order valence-corrected chi connectivity index (χ0v) is 20.5. The van der Waals surface area contributed by atoms with E-state index in [9.17, 15) is 5.11 Å². The van der Waals surface area contributed by atoms with Crippen LogP contribution in [-0.2, 0) is 26.5 Å². The van der Waals surface area contributed by atoms with E-state index in [2.05, 4.69) is 36.8 Å². The Morgan fingerprint density at radius 3 is 2.42 bits per heavy atom. The fourth-order valence-corrected chi connectivity index (χ4v) is 3.94. The monoisotopic (exact) mass is 607 g/mol. The van der Waals surface area contributed by atoms with Crippen molar-refractivity contribution < 1.29 is 26.2 Å². The summed E-state index contributed by atoms with van der Waals surface area (Å²) in [6.45, 7) is 6.22. The van der Waals surface area contributed by atoms with E-state index in [1.807, 2.05) is 60.7 Å². The van der Waals surface area contributed by atoms with E-state index in [0.717, 1.165) is 26.7 Å². The number of rotatable bonds is 4. The molecule has 0 radical (unpaired) electrons. The maximum atomic E-state index is 10.8. The molecule has 0 amide bonds. The fourth-order valence-electron chi connectivity index (χ4n) is 3.14. The first-order valence-corrected chi connectivity index (χ1v) is 10.5. The van der Waals surface area contributed by atoms with Gasteiger partial charge in [0, 0.05) is 33.5 Å². The third-order valence-electron chi connectivity index (χ3n) is 4.64. The molecule has 0 fully saturated rings. The fraction of sp³-hybridized carbons (Fsp3) is 0.160. The zero-order valence-electron chi connectivity index (χ0n) is 17.4. The normalized spacial score (nSPS) is 11.1. The third-order valence-corrected chi connectivity index (χ3v) is 5.55. The van der Waals surface area contributed by atoms with Crippen molar-refractivity contribution in [2.24, 2.45) is 0 Å². The van der Waals surface area contributed by atoms with Crippen molar-refractivity contribution in [1.82, 2.24) is 15.0 Å². The average molecular weight is 608 g/mol. The van der Waals surface area contributed by atoms with Gasteiger partial charge in [-0.15, -0.1) is 29.8 Å². The molecule has 0 saturated heterocycles. The van der Waals surface area contributed by atoms with E-state index in [4.69, 9.17) is 4.98 Å². The predicted octanol–water partition coefficient (Wildman–Crippen LogP) is 6.16. The molecule has 2 heterocycles. The molecular weight excluding hydrogens is 585 g/mol. The van der Waals surface area contributed by atoms with Crippen LogP contribution in [0.15, 0.2) is 83.0 Å². The SMILES string of the molecule is CC(C)(C)c1cccc(-c2nccc(-c3[c-]c(Sc4ccccn4)ccc3)n2)c1O.[Pt]. The van der Waals surface area contributed by atoms with Gasteiger partial charge < -0.3 is 5.11 Å². The zero-order chi connectivity index (χ0) is 21.1. The molecule has 0 aliphatic carbocycles. The number of hydrogen-bond donors (Lipinski definition) is 1. The van der Waals surface area contributed by atoms with Gasteiger partial charge in [-0.1, -0.05) is 61.7 Å². The van der Waals surface area contributed by atoms with Crippen LogP contribution in [0.3, 0.4) is 0 Å². The molecule has 2 aromatic heterocycles. The number of hydrogen-bond acceptors (Lipinski definition) is 5. The standard InChI is InChI=1S/C25H22N3OS.Pt/c1-25(2,3)20-11-7-10-19(23(20)29)24-27-15-13-21(28-24)17-8-6-9-18(16-17)30-22-12-4-5-14-26-22;/h4-15,29H,1-3H3;/q-1;. The van der Waals surface area contributed by atoms with Crippen molar-refractivity contribution in [3.05, 3.63) is 84.7 Å². The number of para-hydroxylation sites is 1. The molecule has 4 rings (SSSR count). The second-order valence-corrected chi connectivity index (χ2v) is 8.98. The minimum absolute atomic E-state index is 0. The van der Waals surface area contributed by atoms with Crippen LogP contribution in [0.1, 0.15) is 26.3 Å². The van der Waals surface area contributed by atoms with Gasteiger partial charge >= 0.3 is 0 Å². The maximum Gasteiger partial charge on any atom is 0.154 e. The summed E-state index contributed by atoms with van der Waals surface area (Å²) in [4.78, 5) is 14.4. The number of benzene rings is 2. The molecule has 0 bridgehead atoms. The molecule has 0 unspecified atom stereocenters. The Hall–Kier alpha value is -2.49. The number of pyridine rings is 1. The molecule has 1 N–H and O–H groups in total. The van der Waals surface area contributed by atoms with E-state index < -0.39 is 0 Å². The number of phenolic OH excluding ortho intramolecular Hbond substituents is 1. The van der Waals surface area contributed by atoms with Crippen LogP contribution in [0.5, 0.6) is 5.75 Å². The van der Waals surface area contributed by atoms with Crippen LogP contribution >= 0.6 is 11.8 Å². The molecule has 0 atom stereocenters. The summed E-state index contributed by atoms with van der Waals surface area (Å²) >= 11 is 1.55. The Bertz CT molecular complexity index is 1180. The Balaban J connectivity index is 0.00000272. The number of phenols is 1. The van der Waals surface area contributed by atoms with Crippen molar-refractivity contribution in [1.29, 1.82) is 0 Å². The van der Waals surface area contributed by atoms with Crippen molar-refractivity contribution in [3.8, 4) is 28.4 Å². The summed E-state index contributed by atoms with van der Waals surface area (Å²) in [5, 5.41) is 11.8. The van der Waals surface area contributed by atoms with Crippen molar-refractivity contribution in [2.75, 3.05) is 0 Å². The Morgan fingerprint density at radius 2 is 1.68 bits per heavy atom. The molecule has 31 heavy (non-hydrogen) atoms. The van der Waals surface area contributed by atoms with Gasteiger partial charge in [0.2, 0.25) is 0 Å². The van der Waals surface area contributed by atoms with Crippen LogP contribution < -0.4 is 0 Å². The van der Waals surface area contributed by atoms with Crippen molar-refractivity contribution >= 4 is 11.8 Å². The predicted molar refractivity (Wildman–Crippen MR) is 120 cm³/mol. The number of aromatic hydroxyl groups is 1. The van der Waals surface area contributed by atoms with Gasteiger partial charge in [0.15, 0.2) is 5.82 Å². The van der Waals surface area contributed by atoms with E-state index in [1.165, 1.54) is 0 Å². The number of aromatic nitrogens is 3. The molecule has 4 aromatic rings. The largest absolute Gasteiger partial charge is 0.507 e. The van der Waals surface area contributed by atoms with Gasteiger partial charge in [-0.3, -0.25) is 4.98 Å². The van der Waals surface area contributed by atoms with Crippen LogP contribution in [0.4, 0.5) is 0 Å². The van der Waals surface area contributed by atoms with Gasteiger partial charge in [0.05, 0.1) is 10.6 Å². The second kappa shape index (κ2) is 9.76. The first-order valence-electron chi connectivity index (χ1n) is 9.69. The van der Waals surface area contributed by atoms with Crippen molar-refractivity contribution in [2.45, 2.75) is 36.1 Å². The molecule has 0 aliphatic heterocycles. The van der Waals surface area contributed by atoms with E-state index in [0.29, 0.717) is 11.4 Å². The second-order valence-electron chi connectivity index (χ2n) is 7.92. The topological polar surface area (TPSA) is 58.9 Å². The van der Waals surface area contributed by atoms with Crippen LogP contribution in [0.2, 0.25) is 0 Å². The maximum absolute atomic E-state index is 10.8. The van der Waals surface area contributed by atoms with Crippen LogP contribution in [0, 0.1) is 6.07 Å². The first-order chi connectivity index (χ1) is 14.4. The summed E-state index contributed by atoms with van der Waals surface area (Å²) in [6.07, 6.45) is 3.49. The van der Waals surface area contributed by atoms with Gasteiger partial charge in [0.25, 0.3) is 0 Å². The number of nitrogens with zero attached hydrogens (tertiary/aromatic N) is 3. The average Bonchev–Trinajstić information content (AvgIpc) is 2.74. The molecule has 6 heteroatoms. The van der Waals surface area contributed by atoms with E-state index >= 15 is 0 Å². The third kappa shape index (κ3) is 5.41. The molecule has 160 valence electrons. The summed E-state index contributed by atoms with van der Waals surface area (Å²) in [5.41, 5.74) is 2.94. The minimum Gasteiger partial charge on any atom is -0.507 e. The summed E-state index contributed by atoms with van der Waals surface area (Å²) in [5.74, 6) is 0.720. The van der Waals surface area contributed by atoms with Gasteiger partial charge in [0.1, 0.15) is 5.75 Å². The first kappa shape index (κ1) is 23.2. The molecule has 2 aromatic carbocycles. The Morgan fingerprint density at radius 1 is 0.871 bits per heavy atom. The quantitative estimate of drug-likeness (QED) is 0.282. The molecular formula is C25H22N3OPtS-. The molecule has 0 spiro atoms. The molecule has 0 aliphatic rings. The van der Waals surface area contributed by atoms with E-state index in [1.54, 1.807) is 24.2 Å². The van der Waals surface area contributed by atoms with E-state index in [-0.39, 0.29) is 32.2 Å². The van der Waals surface area contributed by atoms with Gasteiger partial charge in [-0.25, -0.2) is 9.97 Å². The summed E-state index contributed by atoms with van der Waals surface area (Å²) < 4.78 is 0. The minimum atomic E-state index is -0.178. The van der Waals surface area contributed by atoms with Crippen molar-refractivity contribution in [3.63, 3.8) is 0 Å². The smallest absolute Gasteiger partial charge is 0.154 e. The Labute approximate surface area is 201 Å². The molecule has 4 nitrogen and oxygen atoms in total. The van der Waals surface area contributed by atoms with Gasteiger partial charge in [-0.05, 0) is 34.9 Å². The Kier molecular flexibility index (Phi) is 7.30. The van der Waals surface area contributed by atoms with Crippen LogP contribution in [0.25, 0.3) is 22.6 Å². The summed E-state index contributed by atoms with van der Waals surface area (Å²) in [7, 11) is 0. The molecule has 0 saturated carbocycles. The van der Waals surface area contributed by atoms with Gasteiger partial charge in [-0.2, -0.15) is 0 Å².